The Morgan fingerprint density at radius 2 is 1.42 bits per heavy atom. The molecule has 2 atom stereocenters. The van der Waals surface area contributed by atoms with Gasteiger partial charge in [0.05, 0.1) is 19.1 Å². The van der Waals surface area contributed by atoms with E-state index < -0.39 is 0 Å². The van der Waals surface area contributed by atoms with Crippen LogP contribution in [0.5, 0.6) is 5.75 Å². The summed E-state index contributed by atoms with van der Waals surface area (Å²) >= 11 is 0. The minimum atomic E-state index is -0.00410. The zero-order chi connectivity index (χ0) is 24.7. The number of anilines is 1. The lowest BCUT2D eigenvalue weighted by atomic mass is 9.79. The van der Waals surface area contributed by atoms with Gasteiger partial charge in [-0.05, 0) is 79.3 Å². The minimum Gasteiger partial charge on any atom is -0.497 e. The minimum absolute atomic E-state index is 0.00410. The molecule has 2 aromatic carbocycles. The lowest BCUT2D eigenvalue weighted by molar-refractivity contribution is -0.130. The maximum Gasteiger partial charge on any atom is 0.233 e. The highest BCUT2D eigenvalue weighted by atomic mass is 16.5. The van der Waals surface area contributed by atoms with Crippen molar-refractivity contribution >= 4 is 17.7 Å². The third-order valence-electron chi connectivity index (χ3n) is 8.50. The summed E-state index contributed by atoms with van der Waals surface area (Å²) in [6.07, 6.45) is 23.6. The van der Waals surface area contributed by atoms with Gasteiger partial charge in [-0.15, -0.1) is 0 Å². The molecule has 0 aromatic heterocycles. The summed E-state index contributed by atoms with van der Waals surface area (Å²) in [5.41, 5.74) is 3.41. The molecule has 2 aliphatic carbocycles. The fraction of sp³-hybridized carbons (Fsp3) is 0.485. The van der Waals surface area contributed by atoms with Crippen molar-refractivity contribution in [3.63, 3.8) is 0 Å². The van der Waals surface area contributed by atoms with Gasteiger partial charge in [-0.2, -0.15) is 0 Å². The molecule has 0 radical (unpaired) electrons. The predicted molar refractivity (Wildman–Crippen MR) is 149 cm³/mol. The van der Waals surface area contributed by atoms with Crippen molar-refractivity contribution in [3.05, 3.63) is 77.9 Å². The molecule has 1 aliphatic heterocycles. The van der Waals surface area contributed by atoms with Gasteiger partial charge in [-0.1, -0.05) is 87.1 Å². The van der Waals surface area contributed by atoms with Crippen molar-refractivity contribution in [2.24, 2.45) is 17.8 Å². The van der Waals surface area contributed by atoms with E-state index in [0.29, 0.717) is 5.92 Å². The fourth-order valence-corrected chi connectivity index (χ4v) is 6.31. The van der Waals surface area contributed by atoms with Crippen LogP contribution in [0.2, 0.25) is 0 Å². The maximum atomic E-state index is 13.4. The second kappa shape index (κ2) is 12.0. The van der Waals surface area contributed by atoms with Crippen LogP contribution in [-0.2, 0) is 4.79 Å². The number of hydrogen-bond acceptors (Lipinski definition) is 2. The standard InChI is InChI=1S/C33H41NO2/c1-36-30-23-21-29(22-24-30)34-32(31(33(34)35)14-8-13-25-9-4-2-5-10-25)28-19-17-27(18-20-28)16-15-26-11-6-3-7-12-26/h8,13,15-26,31-32H,2-7,9-12,14H2,1H3/b13-8+,16-15+/t31-,32-/m1/s1. The van der Waals surface area contributed by atoms with Gasteiger partial charge in [0.25, 0.3) is 0 Å². The van der Waals surface area contributed by atoms with Gasteiger partial charge in [0, 0.05) is 5.69 Å². The third kappa shape index (κ3) is 5.77. The summed E-state index contributed by atoms with van der Waals surface area (Å²) in [6.45, 7) is 0. The first-order valence-electron chi connectivity index (χ1n) is 14.1. The summed E-state index contributed by atoms with van der Waals surface area (Å²) in [6, 6.07) is 16.8. The van der Waals surface area contributed by atoms with Crippen LogP contribution >= 0.6 is 0 Å². The van der Waals surface area contributed by atoms with Crippen molar-refractivity contribution in [2.75, 3.05) is 12.0 Å². The highest BCUT2D eigenvalue weighted by Crippen LogP contribution is 2.45. The molecule has 1 amide bonds. The van der Waals surface area contributed by atoms with E-state index in [1.165, 1.54) is 75.3 Å². The number of carbonyl (C=O) groups is 1. The second-order valence-corrected chi connectivity index (χ2v) is 10.9. The molecule has 1 heterocycles. The average Bonchev–Trinajstić information content (AvgIpc) is 2.94. The number of amides is 1. The molecule has 3 nitrogen and oxygen atoms in total. The van der Waals surface area contributed by atoms with E-state index in [2.05, 4.69) is 48.6 Å². The Morgan fingerprint density at radius 3 is 2.03 bits per heavy atom. The molecule has 0 spiro atoms. The van der Waals surface area contributed by atoms with Crippen LogP contribution in [0.1, 0.15) is 87.8 Å². The molecular formula is C33H41NO2. The van der Waals surface area contributed by atoms with Crippen molar-refractivity contribution < 1.29 is 9.53 Å². The summed E-state index contributed by atoms with van der Waals surface area (Å²) in [4.78, 5) is 15.4. The molecule has 36 heavy (non-hydrogen) atoms. The Morgan fingerprint density at radius 1 is 0.806 bits per heavy atom. The van der Waals surface area contributed by atoms with Gasteiger partial charge in [0.2, 0.25) is 5.91 Å². The number of hydrogen-bond donors (Lipinski definition) is 0. The molecule has 2 aromatic rings. The van der Waals surface area contributed by atoms with E-state index in [0.717, 1.165) is 23.8 Å². The van der Waals surface area contributed by atoms with E-state index in [-0.39, 0.29) is 17.9 Å². The third-order valence-corrected chi connectivity index (χ3v) is 8.50. The van der Waals surface area contributed by atoms with Crippen molar-refractivity contribution in [3.8, 4) is 5.75 Å². The molecule has 3 fully saturated rings. The molecular weight excluding hydrogens is 442 g/mol. The van der Waals surface area contributed by atoms with Gasteiger partial charge >= 0.3 is 0 Å². The van der Waals surface area contributed by atoms with E-state index >= 15 is 0 Å². The van der Waals surface area contributed by atoms with E-state index in [1.54, 1.807) is 7.11 Å². The lowest BCUT2D eigenvalue weighted by Crippen LogP contribution is -2.55. The van der Waals surface area contributed by atoms with Crippen LogP contribution < -0.4 is 9.64 Å². The van der Waals surface area contributed by atoms with Crippen molar-refractivity contribution in [1.29, 1.82) is 0 Å². The number of benzene rings is 2. The number of allylic oxidation sites excluding steroid dienone is 3. The number of nitrogens with zero attached hydrogens (tertiary/aromatic N) is 1. The SMILES string of the molecule is COc1ccc(N2C(=O)[C@H](C/C=C/C3CCCCC3)[C@H]2c2ccc(/C=C/C3CCCCC3)cc2)cc1. The maximum absolute atomic E-state index is 13.4. The number of rotatable bonds is 8. The highest BCUT2D eigenvalue weighted by molar-refractivity contribution is 6.03. The summed E-state index contributed by atoms with van der Waals surface area (Å²) in [5.74, 6) is 2.45. The van der Waals surface area contributed by atoms with Gasteiger partial charge in [0.15, 0.2) is 0 Å². The van der Waals surface area contributed by atoms with Gasteiger partial charge in [-0.25, -0.2) is 0 Å². The Balaban J connectivity index is 1.32. The predicted octanol–water partition coefficient (Wildman–Crippen LogP) is 8.52. The summed E-state index contributed by atoms with van der Waals surface area (Å²) < 4.78 is 5.33. The van der Waals surface area contributed by atoms with Crippen LogP contribution in [0, 0.1) is 17.8 Å². The smallest absolute Gasteiger partial charge is 0.233 e. The fourth-order valence-electron chi connectivity index (χ4n) is 6.31. The molecule has 190 valence electrons. The Labute approximate surface area is 217 Å². The largest absolute Gasteiger partial charge is 0.497 e. The molecule has 2 saturated carbocycles. The first-order valence-corrected chi connectivity index (χ1v) is 14.1. The Bertz CT molecular complexity index is 1040. The van der Waals surface area contributed by atoms with Crippen LogP contribution in [0.25, 0.3) is 6.08 Å². The Kier molecular flexibility index (Phi) is 8.25. The summed E-state index contributed by atoms with van der Waals surface area (Å²) in [5, 5.41) is 0. The van der Waals surface area contributed by atoms with E-state index in [1.807, 2.05) is 29.2 Å². The zero-order valence-corrected chi connectivity index (χ0v) is 21.8. The molecule has 0 N–H and O–H groups in total. The zero-order valence-electron chi connectivity index (χ0n) is 21.8. The molecule has 1 saturated heterocycles. The normalized spacial score (nSPS) is 23.9. The number of β-lactam (4-membered cyclic amide) rings is 1. The molecule has 3 heteroatoms. The van der Waals surface area contributed by atoms with E-state index in [9.17, 15) is 4.79 Å². The second-order valence-electron chi connectivity index (χ2n) is 10.9. The van der Waals surface area contributed by atoms with Gasteiger partial charge < -0.3 is 9.64 Å². The quantitative estimate of drug-likeness (QED) is 0.278. The molecule has 0 unspecified atom stereocenters. The van der Waals surface area contributed by atoms with E-state index in [4.69, 9.17) is 4.74 Å². The van der Waals surface area contributed by atoms with Crippen LogP contribution in [0.4, 0.5) is 5.69 Å². The average molecular weight is 484 g/mol. The van der Waals surface area contributed by atoms with Gasteiger partial charge in [-0.3, -0.25) is 4.79 Å². The topological polar surface area (TPSA) is 29.5 Å². The van der Waals surface area contributed by atoms with Crippen LogP contribution in [0.15, 0.2) is 66.8 Å². The number of carbonyl (C=O) groups excluding carboxylic acids is 1. The molecule has 0 bridgehead atoms. The van der Waals surface area contributed by atoms with Crippen molar-refractivity contribution in [1.82, 2.24) is 0 Å². The van der Waals surface area contributed by atoms with Gasteiger partial charge in [0.1, 0.15) is 5.75 Å². The molecule has 5 rings (SSSR count). The Hall–Kier alpha value is -2.81. The van der Waals surface area contributed by atoms with Crippen LogP contribution in [-0.4, -0.2) is 13.0 Å². The number of ether oxygens (including phenoxy) is 1. The first kappa shape index (κ1) is 24.9. The lowest BCUT2D eigenvalue weighted by Gasteiger charge is -2.47. The van der Waals surface area contributed by atoms with Crippen molar-refractivity contribution in [2.45, 2.75) is 76.7 Å². The van der Waals surface area contributed by atoms with Crippen LogP contribution in [0.3, 0.4) is 0 Å². The first-order chi connectivity index (χ1) is 17.7. The molecule has 3 aliphatic rings. The highest BCUT2D eigenvalue weighted by Gasteiger charge is 2.47. The monoisotopic (exact) mass is 483 g/mol. The number of methoxy groups -OCH3 is 1. The summed E-state index contributed by atoms with van der Waals surface area (Å²) in [7, 11) is 1.67.